The maximum absolute atomic E-state index is 11.6. The molecule has 0 aromatic rings. The van der Waals surface area contributed by atoms with Crippen LogP contribution in [-0.2, 0) is 28.5 Å². The first-order valence-corrected chi connectivity index (χ1v) is 9.14. The Morgan fingerprint density at radius 3 is 1.93 bits per heavy atom. The zero-order valence-corrected chi connectivity index (χ0v) is 17.0. The van der Waals surface area contributed by atoms with Crippen LogP contribution < -0.4 is 16.0 Å². The number of nitrogens with one attached hydrogen (secondary N) is 3. The normalized spacial score (nSPS) is 10.1. The van der Waals surface area contributed by atoms with Crippen molar-refractivity contribution in [1.82, 2.24) is 16.0 Å². The van der Waals surface area contributed by atoms with Crippen LogP contribution in [0.5, 0.6) is 0 Å². The second kappa shape index (κ2) is 18.8. The SMILES string of the molecule is C#CCNC(=O)CCCOC(COC(=O)NCCOC)COC(=O)NCCOC. The number of hydrogen-bond acceptors (Lipinski definition) is 8. The fraction of sp³-hybridized carbons (Fsp3) is 0.722. The van der Waals surface area contributed by atoms with Crippen molar-refractivity contribution >= 4 is 18.1 Å². The highest BCUT2D eigenvalue weighted by molar-refractivity contribution is 5.76. The molecule has 0 saturated heterocycles. The van der Waals surface area contributed by atoms with E-state index in [1.807, 2.05) is 0 Å². The molecule has 3 N–H and O–H groups in total. The number of hydrogen-bond donors (Lipinski definition) is 3. The van der Waals surface area contributed by atoms with Crippen molar-refractivity contribution in [1.29, 1.82) is 0 Å². The van der Waals surface area contributed by atoms with E-state index < -0.39 is 18.3 Å². The van der Waals surface area contributed by atoms with Crippen molar-refractivity contribution in [3.8, 4) is 12.3 Å². The number of alkyl carbamates (subject to hydrolysis) is 2. The summed E-state index contributed by atoms with van der Waals surface area (Å²) in [4.78, 5) is 34.7. The number of methoxy groups -OCH3 is 2. The van der Waals surface area contributed by atoms with E-state index in [-0.39, 0.29) is 38.7 Å². The first-order chi connectivity index (χ1) is 14.0. The quantitative estimate of drug-likeness (QED) is 0.229. The Labute approximate surface area is 171 Å². The monoisotopic (exact) mass is 417 g/mol. The molecule has 0 rings (SSSR count). The summed E-state index contributed by atoms with van der Waals surface area (Å²) in [5.74, 6) is 2.12. The lowest BCUT2D eigenvalue weighted by Gasteiger charge is -2.18. The molecule has 3 amide bonds. The van der Waals surface area contributed by atoms with Crippen LogP contribution in [0.1, 0.15) is 12.8 Å². The van der Waals surface area contributed by atoms with Gasteiger partial charge in [0.25, 0.3) is 0 Å². The number of carbonyl (C=O) groups is 3. The number of amides is 3. The van der Waals surface area contributed by atoms with E-state index in [2.05, 4.69) is 21.9 Å². The van der Waals surface area contributed by atoms with Crippen LogP contribution in [0.15, 0.2) is 0 Å². The summed E-state index contributed by atoms with van der Waals surface area (Å²) >= 11 is 0. The average Bonchev–Trinajstić information content (AvgIpc) is 2.71. The molecule has 0 heterocycles. The predicted octanol–water partition coefficient (Wildman–Crippen LogP) is -0.354. The third kappa shape index (κ3) is 17.3. The minimum atomic E-state index is -0.690. The smallest absolute Gasteiger partial charge is 0.407 e. The van der Waals surface area contributed by atoms with Gasteiger partial charge in [-0.2, -0.15) is 0 Å². The molecular formula is C18H31N3O8. The molecule has 0 aliphatic heterocycles. The molecule has 0 aromatic heterocycles. The van der Waals surface area contributed by atoms with Crippen molar-refractivity contribution < 1.29 is 38.1 Å². The largest absolute Gasteiger partial charge is 0.447 e. The Bertz CT molecular complexity index is 484. The van der Waals surface area contributed by atoms with E-state index in [1.165, 1.54) is 14.2 Å². The van der Waals surface area contributed by atoms with Gasteiger partial charge >= 0.3 is 12.2 Å². The number of carbonyl (C=O) groups excluding carboxylic acids is 3. The molecule has 0 unspecified atom stereocenters. The molecule has 11 nitrogen and oxygen atoms in total. The summed E-state index contributed by atoms with van der Waals surface area (Å²) < 4.78 is 25.3. The van der Waals surface area contributed by atoms with E-state index in [9.17, 15) is 14.4 Å². The van der Waals surface area contributed by atoms with Gasteiger partial charge < -0.3 is 39.6 Å². The molecule has 29 heavy (non-hydrogen) atoms. The van der Waals surface area contributed by atoms with Crippen LogP contribution in [0.3, 0.4) is 0 Å². The van der Waals surface area contributed by atoms with Gasteiger partial charge in [0.1, 0.15) is 19.3 Å². The first-order valence-electron chi connectivity index (χ1n) is 9.14. The van der Waals surface area contributed by atoms with Gasteiger partial charge in [-0.05, 0) is 6.42 Å². The topological polar surface area (TPSA) is 133 Å². The van der Waals surface area contributed by atoms with E-state index >= 15 is 0 Å². The van der Waals surface area contributed by atoms with Gasteiger partial charge in [-0.1, -0.05) is 5.92 Å². The lowest BCUT2D eigenvalue weighted by molar-refractivity contribution is -0.121. The van der Waals surface area contributed by atoms with Gasteiger partial charge in [0.05, 0.1) is 19.8 Å². The summed E-state index contributed by atoms with van der Waals surface area (Å²) in [6.45, 7) is 1.40. The Balaban J connectivity index is 4.29. The Morgan fingerprint density at radius 2 is 1.45 bits per heavy atom. The highest BCUT2D eigenvalue weighted by atomic mass is 16.6. The molecule has 0 aliphatic carbocycles. The second-order valence-corrected chi connectivity index (χ2v) is 5.61. The second-order valence-electron chi connectivity index (χ2n) is 5.61. The van der Waals surface area contributed by atoms with E-state index in [0.717, 1.165) is 0 Å². The van der Waals surface area contributed by atoms with Crippen molar-refractivity contribution in [2.45, 2.75) is 18.9 Å². The average molecular weight is 417 g/mol. The molecule has 0 atom stereocenters. The molecule has 11 heteroatoms. The third-order valence-electron chi connectivity index (χ3n) is 3.24. The molecule has 0 aliphatic rings. The van der Waals surface area contributed by atoms with Gasteiger partial charge in [0.2, 0.25) is 5.91 Å². The Hall–Kier alpha value is -2.55. The first kappa shape index (κ1) is 26.4. The maximum Gasteiger partial charge on any atom is 0.407 e. The number of terminal acetylenes is 1. The number of ether oxygens (including phenoxy) is 5. The highest BCUT2D eigenvalue weighted by Gasteiger charge is 2.16. The maximum atomic E-state index is 11.6. The van der Waals surface area contributed by atoms with Gasteiger partial charge in [-0.3, -0.25) is 4.79 Å². The summed E-state index contributed by atoms with van der Waals surface area (Å²) in [7, 11) is 3.03. The van der Waals surface area contributed by atoms with Crippen LogP contribution in [0, 0.1) is 12.3 Å². The zero-order chi connectivity index (χ0) is 21.7. The zero-order valence-electron chi connectivity index (χ0n) is 17.0. The molecule has 0 spiro atoms. The standard InChI is InChI=1S/C18H31N3O8/c1-4-7-19-16(22)6-5-10-27-15(13-28-17(23)20-8-11-25-2)14-29-18(24)21-9-12-26-3/h1,15H,5-14H2,2-3H3,(H,19,22)(H,20,23)(H,21,24). The highest BCUT2D eigenvalue weighted by Crippen LogP contribution is 2.00. The fourth-order valence-corrected chi connectivity index (χ4v) is 1.81. The minimum absolute atomic E-state index is 0.131. The van der Waals surface area contributed by atoms with E-state index in [1.54, 1.807) is 0 Å². The Kier molecular flexibility index (Phi) is 17.1. The van der Waals surface area contributed by atoms with Crippen LogP contribution in [0.25, 0.3) is 0 Å². The summed E-state index contributed by atoms with van der Waals surface area (Å²) in [6, 6.07) is 0. The molecule has 0 saturated carbocycles. The lowest BCUT2D eigenvalue weighted by Crippen LogP contribution is -2.35. The van der Waals surface area contributed by atoms with E-state index in [0.29, 0.717) is 32.7 Å². The van der Waals surface area contributed by atoms with Crippen molar-refractivity contribution in [2.24, 2.45) is 0 Å². The Morgan fingerprint density at radius 1 is 0.897 bits per heavy atom. The molecular weight excluding hydrogens is 386 g/mol. The lowest BCUT2D eigenvalue weighted by atomic mass is 10.3. The van der Waals surface area contributed by atoms with Crippen LogP contribution in [0.2, 0.25) is 0 Å². The van der Waals surface area contributed by atoms with Crippen LogP contribution in [0.4, 0.5) is 9.59 Å². The molecule has 0 fully saturated rings. The minimum Gasteiger partial charge on any atom is -0.447 e. The fourth-order valence-electron chi connectivity index (χ4n) is 1.81. The molecule has 166 valence electrons. The van der Waals surface area contributed by atoms with E-state index in [4.69, 9.17) is 30.1 Å². The number of rotatable bonds is 16. The van der Waals surface area contributed by atoms with Crippen LogP contribution in [-0.4, -0.2) is 91.1 Å². The van der Waals surface area contributed by atoms with Crippen molar-refractivity contribution in [3.05, 3.63) is 0 Å². The van der Waals surface area contributed by atoms with Gasteiger partial charge in [0.15, 0.2) is 0 Å². The molecule has 0 aromatic carbocycles. The van der Waals surface area contributed by atoms with Gasteiger partial charge in [-0.15, -0.1) is 6.42 Å². The van der Waals surface area contributed by atoms with Gasteiger partial charge in [-0.25, -0.2) is 9.59 Å². The third-order valence-corrected chi connectivity index (χ3v) is 3.24. The molecule has 0 radical (unpaired) electrons. The summed E-state index contributed by atoms with van der Waals surface area (Å²) in [5.41, 5.74) is 0. The van der Waals surface area contributed by atoms with Crippen LogP contribution >= 0.6 is 0 Å². The van der Waals surface area contributed by atoms with Gasteiger partial charge in [0, 0.05) is 40.3 Å². The summed E-state index contributed by atoms with van der Waals surface area (Å²) in [6.07, 6.45) is 3.74. The van der Waals surface area contributed by atoms with Crippen molar-refractivity contribution in [3.63, 3.8) is 0 Å². The molecule has 0 bridgehead atoms. The van der Waals surface area contributed by atoms with Crippen molar-refractivity contribution in [2.75, 3.05) is 66.9 Å². The summed E-state index contributed by atoms with van der Waals surface area (Å²) in [5, 5.41) is 7.53. The predicted molar refractivity (Wildman–Crippen MR) is 103 cm³/mol.